The summed E-state index contributed by atoms with van der Waals surface area (Å²) >= 11 is 6.08. The molecular weight excluding hydrogens is 302 g/mol. The number of amides is 2. The van der Waals surface area contributed by atoms with E-state index in [2.05, 4.69) is 20.6 Å². The monoisotopic (exact) mass is 319 g/mol. The first kappa shape index (κ1) is 16.0. The zero-order valence-electron chi connectivity index (χ0n) is 12.7. The first-order valence-electron chi connectivity index (χ1n) is 6.76. The Morgan fingerprint density at radius 2 is 2.09 bits per heavy atom. The number of hydrogen-bond donors (Lipinski definition) is 2. The van der Waals surface area contributed by atoms with Gasteiger partial charge in [0, 0.05) is 20.3 Å². The molecule has 0 atom stereocenters. The van der Waals surface area contributed by atoms with Crippen LogP contribution in [-0.2, 0) is 6.54 Å². The van der Waals surface area contributed by atoms with Crippen LogP contribution >= 0.6 is 11.6 Å². The summed E-state index contributed by atoms with van der Waals surface area (Å²) in [7, 11) is 3.72. The highest BCUT2D eigenvalue weighted by Crippen LogP contribution is 2.22. The number of anilines is 2. The van der Waals surface area contributed by atoms with Gasteiger partial charge in [-0.3, -0.25) is 0 Å². The van der Waals surface area contributed by atoms with Gasteiger partial charge >= 0.3 is 6.03 Å². The van der Waals surface area contributed by atoms with Gasteiger partial charge in [-0.15, -0.1) is 0 Å². The highest BCUT2D eigenvalue weighted by Gasteiger charge is 2.07. The average molecular weight is 320 g/mol. The smallest absolute Gasteiger partial charge is 0.319 e. The summed E-state index contributed by atoms with van der Waals surface area (Å²) in [5.41, 5.74) is 2.33. The Balaban J connectivity index is 1.94. The maximum absolute atomic E-state index is 11.9. The van der Waals surface area contributed by atoms with E-state index in [1.54, 1.807) is 29.3 Å². The maximum atomic E-state index is 11.9. The Labute approximate surface area is 134 Å². The molecule has 0 fully saturated rings. The van der Waals surface area contributed by atoms with Crippen molar-refractivity contribution in [3.05, 3.63) is 46.7 Å². The van der Waals surface area contributed by atoms with Crippen molar-refractivity contribution in [2.24, 2.45) is 0 Å². The molecule has 0 saturated heterocycles. The molecule has 1 aromatic heterocycles. The molecule has 0 spiro atoms. The zero-order chi connectivity index (χ0) is 16.1. The highest BCUT2D eigenvalue weighted by atomic mass is 35.5. The van der Waals surface area contributed by atoms with Crippen LogP contribution in [0.1, 0.15) is 11.3 Å². The minimum Gasteiger partial charge on any atom is -0.347 e. The van der Waals surface area contributed by atoms with E-state index in [-0.39, 0.29) is 6.03 Å². The first-order chi connectivity index (χ1) is 10.5. The average Bonchev–Trinajstić information content (AvgIpc) is 2.48. The fraction of sp³-hybridized carbons (Fsp3) is 0.267. The van der Waals surface area contributed by atoms with Crippen molar-refractivity contribution in [3.63, 3.8) is 0 Å². The molecule has 7 heteroatoms. The topological polar surface area (TPSA) is 70.2 Å². The van der Waals surface area contributed by atoms with Crippen molar-refractivity contribution in [2.75, 3.05) is 24.3 Å². The number of aryl methyl sites for hydroxylation is 1. The molecule has 0 radical (unpaired) electrons. The number of nitrogens with one attached hydrogen (secondary N) is 2. The van der Waals surface area contributed by atoms with Gasteiger partial charge in [0.2, 0.25) is 5.95 Å². The predicted molar refractivity (Wildman–Crippen MR) is 88.4 cm³/mol. The van der Waals surface area contributed by atoms with Gasteiger partial charge in [-0.25, -0.2) is 14.8 Å². The van der Waals surface area contributed by atoms with Crippen LogP contribution in [0.3, 0.4) is 0 Å². The van der Waals surface area contributed by atoms with Gasteiger partial charge in [-0.05, 0) is 30.7 Å². The number of carbonyl (C=O) groups is 1. The zero-order valence-corrected chi connectivity index (χ0v) is 13.5. The Bertz CT molecular complexity index is 675. The lowest BCUT2D eigenvalue weighted by Crippen LogP contribution is -2.29. The summed E-state index contributed by atoms with van der Waals surface area (Å²) in [6.45, 7) is 2.24. The molecule has 0 aliphatic heterocycles. The second-order valence-electron chi connectivity index (χ2n) is 5.03. The molecule has 0 bridgehead atoms. The van der Waals surface area contributed by atoms with Gasteiger partial charge < -0.3 is 15.5 Å². The van der Waals surface area contributed by atoms with Crippen LogP contribution in [0.15, 0.2) is 30.5 Å². The van der Waals surface area contributed by atoms with Gasteiger partial charge in [-0.2, -0.15) is 0 Å². The molecule has 22 heavy (non-hydrogen) atoms. The Kier molecular flexibility index (Phi) is 5.16. The molecular formula is C15H18ClN5O. The van der Waals surface area contributed by atoms with Gasteiger partial charge in [0.05, 0.1) is 22.9 Å². The van der Waals surface area contributed by atoms with Crippen molar-refractivity contribution in [1.82, 2.24) is 15.3 Å². The second kappa shape index (κ2) is 7.09. The fourth-order valence-corrected chi connectivity index (χ4v) is 2.04. The number of rotatable bonds is 4. The predicted octanol–water partition coefficient (Wildman–Crippen LogP) is 2.83. The van der Waals surface area contributed by atoms with Gasteiger partial charge in [0.1, 0.15) is 0 Å². The van der Waals surface area contributed by atoms with E-state index in [9.17, 15) is 4.79 Å². The Morgan fingerprint density at radius 3 is 2.77 bits per heavy atom. The molecule has 0 saturated carbocycles. The lowest BCUT2D eigenvalue weighted by atomic mass is 10.2. The van der Waals surface area contributed by atoms with Gasteiger partial charge in [-0.1, -0.05) is 17.7 Å². The Morgan fingerprint density at radius 1 is 1.32 bits per heavy atom. The van der Waals surface area contributed by atoms with Crippen LogP contribution in [0.5, 0.6) is 0 Å². The molecule has 0 unspecified atom stereocenters. The van der Waals surface area contributed by atoms with E-state index >= 15 is 0 Å². The molecule has 2 amide bonds. The van der Waals surface area contributed by atoms with E-state index in [4.69, 9.17) is 11.6 Å². The molecule has 2 aromatic rings. The third-order valence-electron chi connectivity index (χ3n) is 2.90. The maximum Gasteiger partial charge on any atom is 0.319 e. The summed E-state index contributed by atoms with van der Waals surface area (Å²) in [5.74, 6) is 0.598. The van der Waals surface area contributed by atoms with Crippen molar-refractivity contribution < 1.29 is 4.79 Å². The van der Waals surface area contributed by atoms with Crippen molar-refractivity contribution >= 4 is 29.3 Å². The lowest BCUT2D eigenvalue weighted by Gasteiger charge is -2.12. The number of urea groups is 1. The second-order valence-corrected chi connectivity index (χ2v) is 5.44. The van der Waals surface area contributed by atoms with Crippen molar-refractivity contribution in [1.29, 1.82) is 0 Å². The molecule has 1 heterocycles. The number of aromatic nitrogens is 2. The van der Waals surface area contributed by atoms with Crippen LogP contribution in [-0.4, -0.2) is 30.1 Å². The first-order valence-corrected chi connectivity index (χ1v) is 7.14. The van der Waals surface area contributed by atoms with Gasteiger partial charge in [0.15, 0.2) is 0 Å². The van der Waals surface area contributed by atoms with E-state index in [0.717, 1.165) is 11.3 Å². The summed E-state index contributed by atoms with van der Waals surface area (Å²) in [4.78, 5) is 22.2. The Hall–Kier alpha value is -2.34. The standard InChI is InChI=1S/C15H18ClN5O/c1-10-4-5-13(12(16)8-10)20-15(22)18-9-11-6-7-17-14(19-11)21(2)3/h4-8H,9H2,1-3H3,(H2,18,20,22). The van der Waals surface area contributed by atoms with E-state index in [1.165, 1.54) is 0 Å². The highest BCUT2D eigenvalue weighted by molar-refractivity contribution is 6.33. The van der Waals surface area contributed by atoms with Crippen LogP contribution in [0.2, 0.25) is 5.02 Å². The van der Waals surface area contributed by atoms with Crippen LogP contribution < -0.4 is 15.5 Å². The molecule has 1 aromatic carbocycles. The number of halogens is 1. The lowest BCUT2D eigenvalue weighted by molar-refractivity contribution is 0.251. The van der Waals surface area contributed by atoms with Crippen LogP contribution in [0.4, 0.5) is 16.4 Å². The third kappa shape index (κ3) is 4.33. The molecule has 0 aliphatic carbocycles. The SMILES string of the molecule is Cc1ccc(NC(=O)NCc2ccnc(N(C)C)n2)c(Cl)c1. The van der Waals surface area contributed by atoms with Crippen molar-refractivity contribution in [3.8, 4) is 0 Å². The van der Waals surface area contributed by atoms with Gasteiger partial charge in [0.25, 0.3) is 0 Å². The van der Waals surface area contributed by atoms with Crippen LogP contribution in [0.25, 0.3) is 0 Å². The number of benzene rings is 1. The quantitative estimate of drug-likeness (QED) is 0.909. The third-order valence-corrected chi connectivity index (χ3v) is 3.22. The van der Waals surface area contributed by atoms with Crippen LogP contribution in [0, 0.1) is 6.92 Å². The normalized spacial score (nSPS) is 10.2. The van der Waals surface area contributed by atoms with E-state index < -0.39 is 0 Å². The molecule has 6 nitrogen and oxygen atoms in total. The summed E-state index contributed by atoms with van der Waals surface area (Å²) in [6, 6.07) is 6.87. The fourth-order valence-electron chi connectivity index (χ4n) is 1.76. The summed E-state index contributed by atoms with van der Waals surface area (Å²) in [6.07, 6.45) is 1.66. The minimum atomic E-state index is -0.337. The molecule has 2 N–H and O–H groups in total. The molecule has 2 rings (SSSR count). The number of hydrogen-bond acceptors (Lipinski definition) is 4. The summed E-state index contributed by atoms with van der Waals surface area (Å²) in [5, 5.41) is 5.95. The number of carbonyl (C=O) groups excluding carboxylic acids is 1. The summed E-state index contributed by atoms with van der Waals surface area (Å²) < 4.78 is 0. The number of nitrogens with zero attached hydrogens (tertiary/aromatic N) is 3. The minimum absolute atomic E-state index is 0.304. The van der Waals surface area contributed by atoms with E-state index in [1.807, 2.05) is 27.1 Å². The van der Waals surface area contributed by atoms with Crippen molar-refractivity contribution in [2.45, 2.75) is 13.5 Å². The largest absolute Gasteiger partial charge is 0.347 e. The van der Waals surface area contributed by atoms with E-state index in [0.29, 0.717) is 23.2 Å². The molecule has 0 aliphatic rings. The molecule has 116 valence electrons.